The summed E-state index contributed by atoms with van der Waals surface area (Å²) in [6.45, 7) is 5.69. The zero-order valence-corrected chi connectivity index (χ0v) is 11.1. The van der Waals surface area contributed by atoms with Gasteiger partial charge in [-0.05, 0) is 25.8 Å². The van der Waals surface area contributed by atoms with Gasteiger partial charge in [-0.25, -0.2) is 0 Å². The second-order valence-corrected chi connectivity index (χ2v) is 4.70. The molecule has 4 nitrogen and oxygen atoms in total. The lowest BCUT2D eigenvalue weighted by Gasteiger charge is -2.19. The monoisotopic (exact) mass is 251 g/mol. The number of benzene rings is 1. The van der Waals surface area contributed by atoms with Crippen LogP contribution in [0.25, 0.3) is 0 Å². The van der Waals surface area contributed by atoms with Crippen LogP contribution < -0.4 is 5.32 Å². The number of aryl methyl sites for hydroxylation is 2. The highest BCUT2D eigenvalue weighted by Crippen LogP contribution is 2.21. The van der Waals surface area contributed by atoms with Gasteiger partial charge in [-0.2, -0.15) is 0 Å². The predicted octanol–water partition coefficient (Wildman–Crippen LogP) is 1.22. The van der Waals surface area contributed by atoms with E-state index in [4.69, 9.17) is 0 Å². The Morgan fingerprint density at radius 3 is 2.28 bits per heavy atom. The summed E-state index contributed by atoms with van der Waals surface area (Å²) in [5.41, 5.74) is 2.82. The lowest BCUT2D eigenvalue weighted by atomic mass is 9.98. The Labute approximate surface area is 108 Å². The molecular formula is C14H21NO3. The van der Waals surface area contributed by atoms with Crippen LogP contribution in [0.3, 0.4) is 0 Å². The Balaban J connectivity index is 2.62. The summed E-state index contributed by atoms with van der Waals surface area (Å²) >= 11 is 0. The average Bonchev–Trinajstić information content (AvgIpc) is 2.26. The predicted molar refractivity (Wildman–Crippen MR) is 70.2 cm³/mol. The van der Waals surface area contributed by atoms with E-state index < -0.39 is 12.2 Å². The van der Waals surface area contributed by atoms with Crippen molar-refractivity contribution in [3.8, 4) is 0 Å². The number of aliphatic hydroxyl groups excluding tert-OH is 2. The fourth-order valence-corrected chi connectivity index (χ4v) is 1.96. The van der Waals surface area contributed by atoms with Crippen LogP contribution in [0.2, 0.25) is 0 Å². The SMILES string of the molecule is CC(=O)NCCC(O)C(O)c1cc(C)cc(C)c1. The molecule has 1 rings (SSSR count). The van der Waals surface area contributed by atoms with Gasteiger partial charge in [0.15, 0.2) is 0 Å². The van der Waals surface area contributed by atoms with Crippen molar-refractivity contribution in [2.45, 2.75) is 39.4 Å². The molecule has 0 aromatic heterocycles. The van der Waals surface area contributed by atoms with Crippen LogP contribution in [-0.2, 0) is 4.79 Å². The van der Waals surface area contributed by atoms with Gasteiger partial charge in [-0.3, -0.25) is 4.79 Å². The molecule has 1 amide bonds. The van der Waals surface area contributed by atoms with Gasteiger partial charge >= 0.3 is 0 Å². The van der Waals surface area contributed by atoms with Crippen LogP contribution in [0, 0.1) is 13.8 Å². The van der Waals surface area contributed by atoms with E-state index in [1.807, 2.05) is 32.0 Å². The first-order chi connectivity index (χ1) is 8.40. The van der Waals surface area contributed by atoms with Crippen LogP contribution in [0.5, 0.6) is 0 Å². The number of hydrogen-bond donors (Lipinski definition) is 3. The van der Waals surface area contributed by atoms with Crippen molar-refractivity contribution in [2.75, 3.05) is 6.54 Å². The molecule has 0 radical (unpaired) electrons. The molecule has 0 spiro atoms. The standard InChI is InChI=1S/C14H21NO3/c1-9-6-10(2)8-12(7-9)14(18)13(17)4-5-15-11(3)16/h6-8,13-14,17-18H,4-5H2,1-3H3,(H,15,16). The van der Waals surface area contributed by atoms with Crippen molar-refractivity contribution in [3.63, 3.8) is 0 Å². The van der Waals surface area contributed by atoms with Crippen molar-refractivity contribution < 1.29 is 15.0 Å². The smallest absolute Gasteiger partial charge is 0.216 e. The maximum atomic E-state index is 10.7. The largest absolute Gasteiger partial charge is 0.390 e. The van der Waals surface area contributed by atoms with Crippen molar-refractivity contribution in [3.05, 3.63) is 34.9 Å². The van der Waals surface area contributed by atoms with Gasteiger partial charge in [0, 0.05) is 13.5 Å². The number of carbonyl (C=O) groups excluding carboxylic acids is 1. The number of amides is 1. The molecule has 100 valence electrons. The van der Waals surface area contributed by atoms with Gasteiger partial charge < -0.3 is 15.5 Å². The van der Waals surface area contributed by atoms with Gasteiger partial charge in [0.05, 0.1) is 6.10 Å². The van der Waals surface area contributed by atoms with Crippen LogP contribution >= 0.6 is 0 Å². The summed E-state index contributed by atoms with van der Waals surface area (Å²) in [5.74, 6) is -0.136. The lowest BCUT2D eigenvalue weighted by Crippen LogP contribution is -2.27. The number of rotatable bonds is 5. The quantitative estimate of drug-likeness (QED) is 0.737. The number of carbonyl (C=O) groups is 1. The minimum absolute atomic E-state index is 0.136. The highest BCUT2D eigenvalue weighted by molar-refractivity contribution is 5.72. The molecule has 1 aromatic carbocycles. The van der Waals surface area contributed by atoms with E-state index in [2.05, 4.69) is 5.32 Å². The second-order valence-electron chi connectivity index (χ2n) is 4.70. The van der Waals surface area contributed by atoms with E-state index in [0.717, 1.165) is 11.1 Å². The first kappa shape index (κ1) is 14.7. The van der Waals surface area contributed by atoms with E-state index in [9.17, 15) is 15.0 Å². The summed E-state index contributed by atoms with van der Waals surface area (Å²) in [5, 5.41) is 22.5. The Bertz CT molecular complexity index is 397. The van der Waals surface area contributed by atoms with Crippen molar-refractivity contribution >= 4 is 5.91 Å². The Hall–Kier alpha value is -1.39. The van der Waals surface area contributed by atoms with Gasteiger partial charge in [-0.1, -0.05) is 29.3 Å². The van der Waals surface area contributed by atoms with Gasteiger partial charge in [0.25, 0.3) is 0 Å². The second kappa shape index (κ2) is 6.52. The van der Waals surface area contributed by atoms with Crippen LogP contribution in [0.4, 0.5) is 0 Å². The van der Waals surface area contributed by atoms with Gasteiger partial charge in [-0.15, -0.1) is 0 Å². The fourth-order valence-electron chi connectivity index (χ4n) is 1.96. The van der Waals surface area contributed by atoms with Gasteiger partial charge in [0.2, 0.25) is 5.91 Å². The third-order valence-electron chi connectivity index (χ3n) is 2.76. The summed E-state index contributed by atoms with van der Waals surface area (Å²) in [6.07, 6.45) is -1.47. The molecule has 0 aliphatic rings. The maximum absolute atomic E-state index is 10.7. The normalized spacial score (nSPS) is 14.1. The molecular weight excluding hydrogens is 230 g/mol. The van der Waals surface area contributed by atoms with Crippen molar-refractivity contribution in [1.82, 2.24) is 5.32 Å². The molecule has 0 aliphatic heterocycles. The molecule has 0 saturated heterocycles. The third-order valence-corrected chi connectivity index (χ3v) is 2.76. The van der Waals surface area contributed by atoms with E-state index in [1.54, 1.807) is 0 Å². The van der Waals surface area contributed by atoms with Gasteiger partial charge in [0.1, 0.15) is 6.10 Å². The Morgan fingerprint density at radius 2 is 1.78 bits per heavy atom. The van der Waals surface area contributed by atoms with E-state index >= 15 is 0 Å². The summed E-state index contributed by atoms with van der Waals surface area (Å²) in [7, 11) is 0. The van der Waals surface area contributed by atoms with Crippen molar-refractivity contribution in [1.29, 1.82) is 0 Å². The summed E-state index contributed by atoms with van der Waals surface area (Å²) < 4.78 is 0. The molecule has 0 saturated carbocycles. The summed E-state index contributed by atoms with van der Waals surface area (Å²) in [6, 6.07) is 5.73. The van der Waals surface area contributed by atoms with E-state index in [1.165, 1.54) is 6.92 Å². The van der Waals surface area contributed by atoms with Crippen LogP contribution in [-0.4, -0.2) is 28.8 Å². The first-order valence-electron chi connectivity index (χ1n) is 6.09. The first-order valence-corrected chi connectivity index (χ1v) is 6.09. The Morgan fingerprint density at radius 1 is 1.22 bits per heavy atom. The zero-order valence-electron chi connectivity index (χ0n) is 11.1. The molecule has 0 aliphatic carbocycles. The van der Waals surface area contributed by atoms with E-state index in [-0.39, 0.29) is 5.91 Å². The molecule has 1 aromatic rings. The van der Waals surface area contributed by atoms with Crippen LogP contribution in [0.15, 0.2) is 18.2 Å². The number of aliphatic hydroxyl groups is 2. The summed E-state index contributed by atoms with van der Waals surface area (Å²) in [4.78, 5) is 10.7. The van der Waals surface area contributed by atoms with Crippen LogP contribution in [0.1, 0.15) is 36.1 Å². The Kier molecular flexibility index (Phi) is 5.31. The molecule has 3 N–H and O–H groups in total. The molecule has 2 atom stereocenters. The minimum atomic E-state index is -0.919. The molecule has 4 heteroatoms. The van der Waals surface area contributed by atoms with E-state index in [0.29, 0.717) is 18.5 Å². The highest BCUT2D eigenvalue weighted by atomic mass is 16.3. The molecule has 18 heavy (non-hydrogen) atoms. The number of hydrogen-bond acceptors (Lipinski definition) is 3. The topological polar surface area (TPSA) is 69.6 Å². The number of nitrogens with one attached hydrogen (secondary N) is 1. The highest BCUT2D eigenvalue weighted by Gasteiger charge is 2.18. The molecule has 2 unspecified atom stereocenters. The minimum Gasteiger partial charge on any atom is -0.390 e. The molecule has 0 heterocycles. The average molecular weight is 251 g/mol. The lowest BCUT2D eigenvalue weighted by molar-refractivity contribution is -0.119. The van der Waals surface area contributed by atoms with Crippen molar-refractivity contribution in [2.24, 2.45) is 0 Å². The molecule has 0 fully saturated rings. The maximum Gasteiger partial charge on any atom is 0.216 e. The molecule has 0 bridgehead atoms. The zero-order chi connectivity index (χ0) is 13.7. The third kappa shape index (κ3) is 4.47. The fraction of sp³-hybridized carbons (Fsp3) is 0.500.